The van der Waals surface area contributed by atoms with Crippen molar-refractivity contribution >= 4 is 17.6 Å². The Bertz CT molecular complexity index is 622. The average molecular weight is 280 g/mol. The zero-order chi connectivity index (χ0) is 14.0. The first-order chi connectivity index (χ1) is 9.04. The standard InChI is InChI=1S/C13H14ClN3O2/c1-4-19-13(18)12-11(15-17-16-12)9-6-7(2)5-8(3)10(9)14/h5-6H,4H2,1-3H3,(H,15,16,17). The Morgan fingerprint density at radius 3 is 2.79 bits per heavy atom. The molecule has 100 valence electrons. The molecule has 2 rings (SSSR count). The lowest BCUT2D eigenvalue weighted by atomic mass is 10.0. The van der Waals surface area contributed by atoms with Crippen LogP contribution in [0.2, 0.25) is 5.02 Å². The first kappa shape index (κ1) is 13.5. The third kappa shape index (κ3) is 2.61. The molecule has 6 heteroatoms. The van der Waals surface area contributed by atoms with E-state index in [-0.39, 0.29) is 12.3 Å². The molecule has 1 aromatic carbocycles. The number of hydrogen-bond donors (Lipinski definition) is 1. The van der Waals surface area contributed by atoms with Gasteiger partial charge < -0.3 is 4.74 Å². The highest BCUT2D eigenvalue weighted by Gasteiger charge is 2.21. The van der Waals surface area contributed by atoms with Crippen LogP contribution < -0.4 is 0 Å². The minimum atomic E-state index is -0.513. The number of nitrogens with one attached hydrogen (secondary N) is 1. The number of carbonyl (C=O) groups is 1. The summed E-state index contributed by atoms with van der Waals surface area (Å²) in [5.41, 5.74) is 3.20. The van der Waals surface area contributed by atoms with E-state index in [0.717, 1.165) is 11.1 Å². The van der Waals surface area contributed by atoms with E-state index in [0.29, 0.717) is 16.3 Å². The van der Waals surface area contributed by atoms with E-state index in [1.54, 1.807) is 6.92 Å². The number of rotatable bonds is 3. The number of benzene rings is 1. The lowest BCUT2D eigenvalue weighted by molar-refractivity contribution is 0.0520. The van der Waals surface area contributed by atoms with Gasteiger partial charge in [0.1, 0.15) is 5.69 Å². The summed E-state index contributed by atoms with van der Waals surface area (Å²) in [4.78, 5) is 11.8. The topological polar surface area (TPSA) is 67.9 Å². The number of esters is 1. The number of H-pyrrole nitrogens is 1. The minimum absolute atomic E-state index is 0.147. The van der Waals surface area contributed by atoms with Gasteiger partial charge in [-0.1, -0.05) is 23.2 Å². The first-order valence-electron chi connectivity index (χ1n) is 5.89. The molecule has 0 fully saturated rings. The van der Waals surface area contributed by atoms with Gasteiger partial charge in [0, 0.05) is 5.56 Å². The summed E-state index contributed by atoms with van der Waals surface area (Å²) in [6, 6.07) is 3.84. The summed E-state index contributed by atoms with van der Waals surface area (Å²) in [6.45, 7) is 5.88. The maximum absolute atomic E-state index is 11.8. The molecule has 0 aliphatic rings. The van der Waals surface area contributed by atoms with E-state index in [9.17, 15) is 4.79 Å². The highest BCUT2D eigenvalue weighted by molar-refractivity contribution is 6.34. The van der Waals surface area contributed by atoms with Crippen molar-refractivity contribution in [2.75, 3.05) is 6.61 Å². The highest BCUT2D eigenvalue weighted by atomic mass is 35.5. The highest BCUT2D eigenvalue weighted by Crippen LogP contribution is 2.32. The Balaban J connectivity index is 2.54. The van der Waals surface area contributed by atoms with Crippen LogP contribution in [-0.2, 0) is 4.74 Å². The Labute approximate surface area is 115 Å². The van der Waals surface area contributed by atoms with Crippen LogP contribution in [0.3, 0.4) is 0 Å². The molecule has 0 aliphatic heterocycles. The van der Waals surface area contributed by atoms with Gasteiger partial charge in [-0.25, -0.2) is 4.79 Å². The molecule has 0 unspecified atom stereocenters. The van der Waals surface area contributed by atoms with Gasteiger partial charge in [-0.2, -0.15) is 10.3 Å². The number of nitrogens with zero attached hydrogens (tertiary/aromatic N) is 2. The maximum Gasteiger partial charge on any atom is 0.361 e. The number of aryl methyl sites for hydroxylation is 2. The SMILES string of the molecule is CCOC(=O)c1n[nH]nc1-c1cc(C)cc(C)c1Cl. The maximum atomic E-state index is 11.8. The van der Waals surface area contributed by atoms with Crippen molar-refractivity contribution in [3.8, 4) is 11.3 Å². The molecule has 0 spiro atoms. The third-order valence-corrected chi connectivity index (χ3v) is 3.17. The summed E-state index contributed by atoms with van der Waals surface area (Å²) in [6.07, 6.45) is 0. The van der Waals surface area contributed by atoms with E-state index in [4.69, 9.17) is 16.3 Å². The number of aromatic nitrogens is 3. The van der Waals surface area contributed by atoms with Gasteiger partial charge in [0.05, 0.1) is 11.6 Å². The van der Waals surface area contributed by atoms with Crippen LogP contribution in [0.1, 0.15) is 28.5 Å². The van der Waals surface area contributed by atoms with Gasteiger partial charge >= 0.3 is 5.97 Å². The molecule has 0 bridgehead atoms. The van der Waals surface area contributed by atoms with Crippen molar-refractivity contribution < 1.29 is 9.53 Å². The Hall–Kier alpha value is -1.88. The predicted molar refractivity (Wildman–Crippen MR) is 72.3 cm³/mol. The first-order valence-corrected chi connectivity index (χ1v) is 6.27. The van der Waals surface area contributed by atoms with Gasteiger partial charge in [0.2, 0.25) is 0 Å². The summed E-state index contributed by atoms with van der Waals surface area (Å²) in [7, 11) is 0. The van der Waals surface area contributed by atoms with E-state index in [2.05, 4.69) is 15.4 Å². The zero-order valence-corrected chi connectivity index (χ0v) is 11.7. The van der Waals surface area contributed by atoms with Gasteiger partial charge in [-0.15, -0.1) is 5.10 Å². The molecule has 0 saturated heterocycles. The summed E-state index contributed by atoms with van der Waals surface area (Å²) in [5.74, 6) is -0.513. The third-order valence-electron chi connectivity index (χ3n) is 2.67. The molecule has 1 N–H and O–H groups in total. The van der Waals surface area contributed by atoms with Crippen LogP contribution in [0.25, 0.3) is 11.3 Å². The van der Waals surface area contributed by atoms with Gasteiger partial charge in [0.15, 0.2) is 5.69 Å². The van der Waals surface area contributed by atoms with E-state index in [1.807, 2.05) is 26.0 Å². The summed E-state index contributed by atoms with van der Waals surface area (Å²) >= 11 is 6.28. The van der Waals surface area contributed by atoms with Crippen LogP contribution in [0, 0.1) is 13.8 Å². The summed E-state index contributed by atoms with van der Waals surface area (Å²) < 4.78 is 4.94. The lowest BCUT2D eigenvalue weighted by Crippen LogP contribution is -2.07. The molecule has 19 heavy (non-hydrogen) atoms. The molecule has 0 radical (unpaired) electrons. The normalized spacial score (nSPS) is 10.5. The molecule has 0 amide bonds. The second-order valence-corrected chi connectivity index (χ2v) is 4.56. The fraction of sp³-hybridized carbons (Fsp3) is 0.308. The number of hydrogen-bond acceptors (Lipinski definition) is 4. The fourth-order valence-corrected chi connectivity index (χ4v) is 2.08. The van der Waals surface area contributed by atoms with E-state index < -0.39 is 5.97 Å². The molecule has 0 aliphatic carbocycles. The van der Waals surface area contributed by atoms with Crippen molar-refractivity contribution in [2.45, 2.75) is 20.8 Å². The number of carbonyl (C=O) groups excluding carboxylic acids is 1. The van der Waals surface area contributed by atoms with Gasteiger partial charge in [-0.3, -0.25) is 0 Å². The Morgan fingerprint density at radius 2 is 2.11 bits per heavy atom. The molecule has 2 aromatic rings. The molecule has 1 heterocycles. The van der Waals surface area contributed by atoms with Crippen LogP contribution >= 0.6 is 11.6 Å². The van der Waals surface area contributed by atoms with Gasteiger partial charge in [0.25, 0.3) is 0 Å². The second kappa shape index (κ2) is 5.40. The number of aromatic amines is 1. The second-order valence-electron chi connectivity index (χ2n) is 4.18. The Kier molecular flexibility index (Phi) is 3.85. The molecule has 1 aromatic heterocycles. The van der Waals surface area contributed by atoms with Crippen LogP contribution in [0.15, 0.2) is 12.1 Å². The molecular formula is C13H14ClN3O2. The fourth-order valence-electron chi connectivity index (χ4n) is 1.88. The largest absolute Gasteiger partial charge is 0.461 e. The Morgan fingerprint density at radius 1 is 1.37 bits per heavy atom. The molecule has 0 atom stereocenters. The minimum Gasteiger partial charge on any atom is -0.461 e. The number of ether oxygens (including phenoxy) is 1. The van der Waals surface area contributed by atoms with Crippen LogP contribution in [0.5, 0.6) is 0 Å². The van der Waals surface area contributed by atoms with Crippen molar-refractivity contribution in [2.24, 2.45) is 0 Å². The van der Waals surface area contributed by atoms with E-state index in [1.165, 1.54) is 0 Å². The average Bonchev–Trinajstić information content (AvgIpc) is 2.83. The van der Waals surface area contributed by atoms with Crippen molar-refractivity contribution in [3.63, 3.8) is 0 Å². The zero-order valence-electron chi connectivity index (χ0n) is 11.0. The molecular weight excluding hydrogens is 266 g/mol. The van der Waals surface area contributed by atoms with Crippen molar-refractivity contribution in [1.82, 2.24) is 15.4 Å². The van der Waals surface area contributed by atoms with Crippen molar-refractivity contribution in [3.05, 3.63) is 34.0 Å². The smallest absolute Gasteiger partial charge is 0.361 e. The van der Waals surface area contributed by atoms with Crippen LogP contribution in [-0.4, -0.2) is 28.0 Å². The van der Waals surface area contributed by atoms with Gasteiger partial charge in [-0.05, 0) is 32.4 Å². The monoisotopic (exact) mass is 279 g/mol. The van der Waals surface area contributed by atoms with Crippen molar-refractivity contribution in [1.29, 1.82) is 0 Å². The van der Waals surface area contributed by atoms with Crippen LogP contribution in [0.4, 0.5) is 0 Å². The number of halogens is 1. The molecule has 5 nitrogen and oxygen atoms in total. The predicted octanol–water partition coefficient (Wildman–Crippen LogP) is 2.92. The van der Waals surface area contributed by atoms with E-state index >= 15 is 0 Å². The molecule has 0 saturated carbocycles. The summed E-state index contributed by atoms with van der Waals surface area (Å²) in [5, 5.41) is 10.9. The lowest BCUT2D eigenvalue weighted by Gasteiger charge is -2.07. The quantitative estimate of drug-likeness (QED) is 0.877.